The highest BCUT2D eigenvalue weighted by Gasteiger charge is 2.48. The maximum atomic E-state index is 13.6. The second-order valence-electron chi connectivity index (χ2n) is 10.3. The van der Waals surface area contributed by atoms with Gasteiger partial charge in [0.1, 0.15) is 17.3 Å². The molecule has 2 N–H and O–H groups in total. The number of hydrogen-bond acceptors (Lipinski definition) is 7. The molecule has 0 spiro atoms. The minimum absolute atomic E-state index is 0.0263. The first-order valence-corrected chi connectivity index (χ1v) is 13.0. The molecule has 0 aliphatic carbocycles. The van der Waals surface area contributed by atoms with Crippen molar-refractivity contribution in [1.82, 2.24) is 9.97 Å². The molecule has 2 heterocycles. The zero-order valence-electron chi connectivity index (χ0n) is 23.1. The number of aromatic amines is 1. The van der Waals surface area contributed by atoms with Crippen molar-refractivity contribution in [3.8, 4) is 11.5 Å². The number of hydrogen-bond donors (Lipinski definition) is 2. The first-order chi connectivity index (χ1) is 19.2. The fraction of sp³-hybridized carbons (Fsp3) is 0.258. The number of aromatic nitrogens is 2. The van der Waals surface area contributed by atoms with Gasteiger partial charge < -0.3 is 24.5 Å². The van der Waals surface area contributed by atoms with Crippen LogP contribution >= 0.6 is 0 Å². The number of Topliss-reactive ketones (excluding diaryl/α,β-unsaturated/α-hetero) is 1. The van der Waals surface area contributed by atoms with Crippen molar-refractivity contribution in [1.29, 1.82) is 0 Å². The SMILES string of the molecule is COc1ccc2nc(N3C(=O)C(=O)/C(=C(/O)c4cccc(OCC(C)C)c4)C3c3ccc(N(C)C)cc3)[nH]c2c1. The molecule has 40 heavy (non-hydrogen) atoms. The number of H-pyrrole nitrogens is 1. The van der Waals surface area contributed by atoms with Gasteiger partial charge in [0, 0.05) is 31.4 Å². The number of imidazole rings is 1. The lowest BCUT2D eigenvalue weighted by Gasteiger charge is -2.24. The molecule has 1 saturated heterocycles. The van der Waals surface area contributed by atoms with Crippen LogP contribution in [0.25, 0.3) is 16.8 Å². The summed E-state index contributed by atoms with van der Waals surface area (Å²) in [6.45, 7) is 4.59. The van der Waals surface area contributed by atoms with Crippen LogP contribution in [0.15, 0.2) is 72.3 Å². The van der Waals surface area contributed by atoms with Crippen molar-refractivity contribution in [3.63, 3.8) is 0 Å². The van der Waals surface area contributed by atoms with E-state index in [0.717, 1.165) is 5.69 Å². The van der Waals surface area contributed by atoms with Crippen LogP contribution in [0.1, 0.15) is 31.0 Å². The van der Waals surface area contributed by atoms with Crippen LogP contribution in [0.4, 0.5) is 11.6 Å². The molecular weight excluding hydrogens is 508 g/mol. The average Bonchev–Trinajstić information content (AvgIpc) is 3.49. The maximum absolute atomic E-state index is 13.6. The monoisotopic (exact) mass is 540 g/mol. The predicted octanol–water partition coefficient (Wildman–Crippen LogP) is 5.30. The number of aliphatic hydroxyl groups is 1. The van der Waals surface area contributed by atoms with Gasteiger partial charge in [-0.3, -0.25) is 14.5 Å². The van der Waals surface area contributed by atoms with E-state index < -0.39 is 17.7 Å². The summed E-state index contributed by atoms with van der Waals surface area (Å²) < 4.78 is 11.1. The number of carbonyl (C=O) groups excluding carboxylic acids is 2. The summed E-state index contributed by atoms with van der Waals surface area (Å²) in [5.41, 5.74) is 3.20. The summed E-state index contributed by atoms with van der Waals surface area (Å²) in [5, 5.41) is 11.5. The van der Waals surface area contributed by atoms with E-state index in [1.54, 1.807) is 49.6 Å². The van der Waals surface area contributed by atoms with Crippen molar-refractivity contribution in [2.24, 2.45) is 5.92 Å². The molecule has 1 unspecified atom stereocenters. The Morgan fingerprint density at radius 2 is 1.80 bits per heavy atom. The lowest BCUT2D eigenvalue weighted by Crippen LogP contribution is -2.30. The molecule has 0 radical (unpaired) electrons. The minimum atomic E-state index is -0.918. The van der Waals surface area contributed by atoms with Crippen LogP contribution in [0.2, 0.25) is 0 Å². The Balaban J connectivity index is 1.66. The second-order valence-corrected chi connectivity index (χ2v) is 10.3. The molecule has 9 heteroatoms. The Morgan fingerprint density at radius 1 is 1.05 bits per heavy atom. The number of methoxy groups -OCH3 is 1. The number of anilines is 2. The second kappa shape index (κ2) is 10.8. The fourth-order valence-electron chi connectivity index (χ4n) is 4.69. The van der Waals surface area contributed by atoms with Gasteiger partial charge in [-0.2, -0.15) is 0 Å². The van der Waals surface area contributed by atoms with E-state index in [1.165, 1.54) is 4.90 Å². The molecule has 5 rings (SSSR count). The first kappa shape index (κ1) is 26.8. The van der Waals surface area contributed by atoms with Crippen molar-refractivity contribution in [2.75, 3.05) is 37.6 Å². The number of ketones is 1. The van der Waals surface area contributed by atoms with Crippen molar-refractivity contribution in [3.05, 3.63) is 83.4 Å². The summed E-state index contributed by atoms with van der Waals surface area (Å²) in [6.07, 6.45) is 0. The van der Waals surface area contributed by atoms with Crippen LogP contribution in [0.5, 0.6) is 11.5 Å². The van der Waals surface area contributed by atoms with Gasteiger partial charge in [0.05, 0.1) is 36.4 Å². The number of fused-ring (bicyclic) bond motifs is 1. The predicted molar refractivity (Wildman–Crippen MR) is 155 cm³/mol. The Bertz CT molecular complexity index is 1600. The molecule has 1 aliphatic heterocycles. The summed E-state index contributed by atoms with van der Waals surface area (Å²) in [5.74, 6) is -0.177. The van der Waals surface area contributed by atoms with Gasteiger partial charge in [-0.25, -0.2) is 4.98 Å². The van der Waals surface area contributed by atoms with Gasteiger partial charge in [0.2, 0.25) is 5.95 Å². The highest BCUT2D eigenvalue weighted by molar-refractivity contribution is 6.51. The molecule has 1 amide bonds. The number of carbonyl (C=O) groups is 2. The minimum Gasteiger partial charge on any atom is -0.507 e. The molecule has 3 aromatic carbocycles. The summed E-state index contributed by atoms with van der Waals surface area (Å²) in [6, 6.07) is 18.8. The van der Waals surface area contributed by atoms with Gasteiger partial charge in [-0.1, -0.05) is 38.1 Å². The lowest BCUT2D eigenvalue weighted by atomic mass is 9.95. The summed E-state index contributed by atoms with van der Waals surface area (Å²) >= 11 is 0. The van der Waals surface area contributed by atoms with E-state index >= 15 is 0 Å². The number of rotatable bonds is 8. The molecule has 0 bridgehead atoms. The zero-order valence-corrected chi connectivity index (χ0v) is 23.1. The van der Waals surface area contributed by atoms with Crippen molar-refractivity contribution < 1.29 is 24.2 Å². The standard InChI is InChI=1S/C31H32N4O5/c1-18(2)17-40-23-8-6-7-20(15-23)28(36)26-27(19-9-11-21(12-10-19)34(3)4)35(30(38)29(26)37)31-32-24-14-13-22(39-5)16-25(24)33-31/h6-16,18,27,36H,17H2,1-5H3,(H,32,33)/b28-26+. The van der Waals surface area contributed by atoms with Gasteiger partial charge in [0.25, 0.3) is 5.78 Å². The number of benzene rings is 3. The maximum Gasteiger partial charge on any atom is 0.302 e. The smallest absolute Gasteiger partial charge is 0.302 e. The highest BCUT2D eigenvalue weighted by Crippen LogP contribution is 2.42. The van der Waals surface area contributed by atoms with Crippen LogP contribution in [0.3, 0.4) is 0 Å². The Hall–Kier alpha value is -4.79. The molecule has 0 saturated carbocycles. The van der Waals surface area contributed by atoms with Crippen molar-refractivity contribution >= 4 is 40.1 Å². The number of aliphatic hydroxyl groups excluding tert-OH is 1. The van der Waals surface area contributed by atoms with E-state index in [1.807, 2.05) is 57.1 Å². The average molecular weight is 541 g/mol. The van der Waals surface area contributed by atoms with Crippen LogP contribution in [-0.2, 0) is 9.59 Å². The molecule has 1 atom stereocenters. The summed E-state index contributed by atoms with van der Waals surface area (Å²) in [7, 11) is 5.42. The van der Waals surface area contributed by atoms with E-state index in [-0.39, 0.29) is 17.3 Å². The molecule has 206 valence electrons. The third kappa shape index (κ3) is 4.98. The van der Waals surface area contributed by atoms with E-state index in [4.69, 9.17) is 9.47 Å². The van der Waals surface area contributed by atoms with E-state index in [2.05, 4.69) is 9.97 Å². The van der Waals surface area contributed by atoms with Gasteiger partial charge >= 0.3 is 5.91 Å². The van der Waals surface area contributed by atoms with Crippen LogP contribution < -0.4 is 19.3 Å². The van der Waals surface area contributed by atoms with Gasteiger partial charge in [-0.15, -0.1) is 0 Å². The van der Waals surface area contributed by atoms with Crippen LogP contribution in [0, 0.1) is 5.92 Å². The summed E-state index contributed by atoms with van der Waals surface area (Å²) in [4.78, 5) is 38.2. The zero-order chi connectivity index (χ0) is 28.6. The molecular formula is C31H32N4O5. The molecule has 1 aliphatic rings. The molecule has 1 fully saturated rings. The van der Waals surface area contributed by atoms with Crippen LogP contribution in [-0.4, -0.2) is 54.6 Å². The Kier molecular flexibility index (Phi) is 7.21. The number of ether oxygens (including phenoxy) is 2. The Morgan fingerprint density at radius 3 is 2.48 bits per heavy atom. The molecule has 4 aromatic rings. The van der Waals surface area contributed by atoms with Gasteiger partial charge in [-0.05, 0) is 47.9 Å². The first-order valence-electron chi connectivity index (χ1n) is 13.0. The third-order valence-electron chi connectivity index (χ3n) is 6.77. The van der Waals surface area contributed by atoms with Crippen molar-refractivity contribution in [2.45, 2.75) is 19.9 Å². The molecule has 1 aromatic heterocycles. The third-order valence-corrected chi connectivity index (χ3v) is 6.77. The topological polar surface area (TPSA) is 108 Å². The normalized spacial score (nSPS) is 16.6. The fourth-order valence-corrected chi connectivity index (χ4v) is 4.69. The van der Waals surface area contributed by atoms with E-state index in [0.29, 0.717) is 46.2 Å². The largest absolute Gasteiger partial charge is 0.507 e. The highest BCUT2D eigenvalue weighted by atomic mass is 16.5. The van der Waals surface area contributed by atoms with E-state index in [9.17, 15) is 14.7 Å². The lowest BCUT2D eigenvalue weighted by molar-refractivity contribution is -0.132. The molecule has 9 nitrogen and oxygen atoms in total. The quantitative estimate of drug-likeness (QED) is 0.177. The number of nitrogens with one attached hydrogen (secondary N) is 1. The Labute approximate surface area is 232 Å². The number of amides is 1. The van der Waals surface area contributed by atoms with Gasteiger partial charge in [0.15, 0.2) is 0 Å². The number of nitrogens with zero attached hydrogens (tertiary/aromatic N) is 3.